The van der Waals surface area contributed by atoms with Gasteiger partial charge < -0.3 is 15.7 Å². The van der Waals surface area contributed by atoms with Gasteiger partial charge in [-0.1, -0.05) is 6.92 Å². The van der Waals surface area contributed by atoms with Gasteiger partial charge in [0.2, 0.25) is 0 Å². The largest absolute Gasteiger partial charge is 0.388 e. The predicted molar refractivity (Wildman–Crippen MR) is 84.3 cm³/mol. The van der Waals surface area contributed by atoms with Gasteiger partial charge in [0.05, 0.1) is 5.60 Å². The molecular formula is C16H31N3O2. The molecule has 0 aromatic heterocycles. The van der Waals surface area contributed by atoms with Crippen LogP contribution in [0, 0.1) is 5.92 Å². The Morgan fingerprint density at radius 3 is 2.62 bits per heavy atom. The van der Waals surface area contributed by atoms with E-state index in [1.54, 1.807) is 0 Å². The molecule has 0 aromatic rings. The number of piperidine rings is 1. The highest BCUT2D eigenvalue weighted by molar-refractivity contribution is 5.74. The van der Waals surface area contributed by atoms with Crippen molar-refractivity contribution in [1.82, 2.24) is 15.5 Å². The summed E-state index contributed by atoms with van der Waals surface area (Å²) in [5, 5.41) is 15.7. The number of aliphatic hydroxyl groups is 1. The topological polar surface area (TPSA) is 64.6 Å². The molecule has 0 radical (unpaired) electrons. The summed E-state index contributed by atoms with van der Waals surface area (Å²) in [6.07, 6.45) is 5.19. The summed E-state index contributed by atoms with van der Waals surface area (Å²) >= 11 is 0. The molecule has 5 nitrogen and oxygen atoms in total. The third kappa shape index (κ3) is 4.58. The second-order valence-corrected chi connectivity index (χ2v) is 7.62. The van der Waals surface area contributed by atoms with Crippen LogP contribution in [0.25, 0.3) is 0 Å². The van der Waals surface area contributed by atoms with Crippen LogP contribution in [0.3, 0.4) is 0 Å². The summed E-state index contributed by atoms with van der Waals surface area (Å²) in [7, 11) is 0. The molecule has 1 aliphatic carbocycles. The van der Waals surface area contributed by atoms with Crippen LogP contribution < -0.4 is 10.6 Å². The minimum absolute atomic E-state index is 0.0284. The number of likely N-dealkylation sites (tertiary alicyclic amines) is 1. The monoisotopic (exact) mass is 297 g/mol. The molecule has 2 fully saturated rings. The molecule has 3 N–H and O–H groups in total. The normalized spacial score (nSPS) is 26.0. The van der Waals surface area contributed by atoms with Crippen LogP contribution in [0.5, 0.6) is 0 Å². The molecule has 1 atom stereocenters. The summed E-state index contributed by atoms with van der Waals surface area (Å²) in [5.41, 5.74) is -0.686. The molecule has 1 saturated heterocycles. The van der Waals surface area contributed by atoms with Gasteiger partial charge in [0.1, 0.15) is 0 Å². The zero-order valence-electron chi connectivity index (χ0n) is 13.7. The molecule has 0 spiro atoms. The van der Waals surface area contributed by atoms with E-state index in [0.717, 1.165) is 38.3 Å². The quantitative estimate of drug-likeness (QED) is 0.724. The Kier molecular flexibility index (Phi) is 5.15. The van der Waals surface area contributed by atoms with Crippen LogP contribution in [0.1, 0.15) is 52.9 Å². The number of nitrogens with zero attached hydrogens (tertiary/aromatic N) is 1. The SMILES string of the molecule is CC1CCCN(C(C)(C)CNC(=O)NCC2(O)CCC2)C1. The van der Waals surface area contributed by atoms with Crippen LogP contribution in [0.4, 0.5) is 4.79 Å². The van der Waals surface area contributed by atoms with Crippen molar-refractivity contribution in [2.75, 3.05) is 26.2 Å². The third-order valence-electron chi connectivity index (χ3n) is 5.06. The average molecular weight is 297 g/mol. The lowest BCUT2D eigenvalue weighted by atomic mass is 9.80. The van der Waals surface area contributed by atoms with Gasteiger partial charge in [0, 0.05) is 25.2 Å². The van der Waals surface area contributed by atoms with Gasteiger partial charge in [-0.3, -0.25) is 4.90 Å². The molecule has 2 aliphatic rings. The highest BCUT2D eigenvalue weighted by Gasteiger charge is 2.35. The molecule has 122 valence electrons. The first-order chi connectivity index (χ1) is 9.81. The van der Waals surface area contributed by atoms with Crippen molar-refractivity contribution in [3.05, 3.63) is 0 Å². The molecule has 21 heavy (non-hydrogen) atoms. The van der Waals surface area contributed by atoms with Crippen molar-refractivity contribution in [2.24, 2.45) is 5.92 Å². The van der Waals surface area contributed by atoms with Crippen molar-refractivity contribution < 1.29 is 9.90 Å². The molecule has 1 saturated carbocycles. The van der Waals surface area contributed by atoms with Gasteiger partial charge in [-0.05, 0) is 58.4 Å². The minimum atomic E-state index is -0.658. The fraction of sp³-hybridized carbons (Fsp3) is 0.938. The van der Waals surface area contributed by atoms with Gasteiger partial charge in [0.25, 0.3) is 0 Å². The lowest BCUT2D eigenvalue weighted by Gasteiger charge is -2.43. The summed E-state index contributed by atoms with van der Waals surface area (Å²) in [5.74, 6) is 0.736. The Balaban J connectivity index is 1.71. The molecule has 2 rings (SSSR count). The zero-order valence-corrected chi connectivity index (χ0v) is 13.7. The molecule has 0 bridgehead atoms. The van der Waals surface area contributed by atoms with Crippen LogP contribution in [-0.4, -0.2) is 53.4 Å². The standard InChI is InChI=1S/C16H31N3O2/c1-13-6-4-9-19(10-13)15(2,3)11-17-14(20)18-12-16(21)7-5-8-16/h13,21H,4-12H2,1-3H3,(H2,17,18,20). The van der Waals surface area contributed by atoms with E-state index in [0.29, 0.717) is 13.1 Å². The summed E-state index contributed by atoms with van der Waals surface area (Å²) in [6, 6.07) is -0.173. The van der Waals surface area contributed by atoms with E-state index in [2.05, 4.69) is 36.3 Å². The van der Waals surface area contributed by atoms with E-state index in [-0.39, 0.29) is 11.6 Å². The van der Waals surface area contributed by atoms with Gasteiger partial charge in [-0.2, -0.15) is 0 Å². The van der Waals surface area contributed by atoms with Crippen molar-refractivity contribution in [3.63, 3.8) is 0 Å². The van der Waals surface area contributed by atoms with Crippen LogP contribution >= 0.6 is 0 Å². The number of carbonyl (C=O) groups excluding carboxylic acids is 1. The molecule has 5 heteroatoms. The second kappa shape index (κ2) is 6.53. The average Bonchev–Trinajstić information content (AvgIpc) is 2.41. The molecule has 0 aromatic carbocycles. The van der Waals surface area contributed by atoms with Crippen LogP contribution in [-0.2, 0) is 0 Å². The van der Waals surface area contributed by atoms with E-state index >= 15 is 0 Å². The number of hydrogen-bond donors (Lipinski definition) is 3. The molecule has 1 aliphatic heterocycles. The Bertz CT molecular complexity index is 367. The van der Waals surface area contributed by atoms with E-state index in [1.807, 2.05) is 0 Å². The smallest absolute Gasteiger partial charge is 0.314 e. The van der Waals surface area contributed by atoms with E-state index < -0.39 is 5.60 Å². The van der Waals surface area contributed by atoms with E-state index in [1.165, 1.54) is 12.8 Å². The van der Waals surface area contributed by atoms with Crippen molar-refractivity contribution in [1.29, 1.82) is 0 Å². The number of rotatable bonds is 5. The Hall–Kier alpha value is -0.810. The van der Waals surface area contributed by atoms with Gasteiger partial charge in [-0.15, -0.1) is 0 Å². The maximum Gasteiger partial charge on any atom is 0.314 e. The summed E-state index contributed by atoms with van der Waals surface area (Å²) < 4.78 is 0. The number of nitrogens with one attached hydrogen (secondary N) is 2. The number of urea groups is 1. The Labute approximate surface area is 128 Å². The first-order valence-corrected chi connectivity index (χ1v) is 8.30. The molecule has 2 amide bonds. The number of carbonyl (C=O) groups is 1. The highest BCUT2D eigenvalue weighted by atomic mass is 16.3. The van der Waals surface area contributed by atoms with Crippen LogP contribution in [0.15, 0.2) is 0 Å². The van der Waals surface area contributed by atoms with E-state index in [9.17, 15) is 9.90 Å². The van der Waals surface area contributed by atoms with Crippen LogP contribution in [0.2, 0.25) is 0 Å². The third-order valence-corrected chi connectivity index (χ3v) is 5.06. The van der Waals surface area contributed by atoms with Crippen molar-refractivity contribution in [3.8, 4) is 0 Å². The fourth-order valence-electron chi connectivity index (χ4n) is 3.22. The van der Waals surface area contributed by atoms with Gasteiger partial charge in [-0.25, -0.2) is 4.79 Å². The second-order valence-electron chi connectivity index (χ2n) is 7.62. The lowest BCUT2D eigenvalue weighted by molar-refractivity contribution is -0.0290. The maximum absolute atomic E-state index is 11.9. The Morgan fingerprint density at radius 1 is 1.33 bits per heavy atom. The summed E-state index contributed by atoms with van der Waals surface area (Å²) in [6.45, 7) is 9.87. The molecule has 1 heterocycles. The first-order valence-electron chi connectivity index (χ1n) is 8.30. The maximum atomic E-state index is 11.9. The lowest BCUT2D eigenvalue weighted by Crippen LogP contribution is -2.56. The Morgan fingerprint density at radius 2 is 2.05 bits per heavy atom. The predicted octanol–water partition coefficient (Wildman–Crippen LogP) is 1.71. The molecular weight excluding hydrogens is 266 g/mol. The number of hydrogen-bond acceptors (Lipinski definition) is 3. The zero-order chi connectivity index (χ0) is 15.5. The van der Waals surface area contributed by atoms with Crippen molar-refractivity contribution in [2.45, 2.75) is 64.0 Å². The first kappa shape index (κ1) is 16.6. The number of amides is 2. The van der Waals surface area contributed by atoms with E-state index in [4.69, 9.17) is 0 Å². The molecule has 1 unspecified atom stereocenters. The van der Waals surface area contributed by atoms with Gasteiger partial charge in [0.15, 0.2) is 0 Å². The fourth-order valence-corrected chi connectivity index (χ4v) is 3.22. The summed E-state index contributed by atoms with van der Waals surface area (Å²) in [4.78, 5) is 14.3. The minimum Gasteiger partial charge on any atom is -0.388 e. The van der Waals surface area contributed by atoms with Gasteiger partial charge >= 0.3 is 6.03 Å². The highest BCUT2D eigenvalue weighted by Crippen LogP contribution is 2.30. The van der Waals surface area contributed by atoms with Crippen molar-refractivity contribution >= 4 is 6.03 Å².